The first-order valence-electron chi connectivity index (χ1n) is 5.84. The summed E-state index contributed by atoms with van der Waals surface area (Å²) in [6.07, 6.45) is -4.32. The molecule has 0 aromatic carbocycles. The minimum atomic E-state index is -4.32. The number of anilines is 1. The monoisotopic (exact) mass is 293 g/mol. The van der Waals surface area contributed by atoms with Crippen LogP contribution in [0.15, 0.2) is 0 Å². The van der Waals surface area contributed by atoms with Crippen LogP contribution < -0.4 is 5.32 Å². The van der Waals surface area contributed by atoms with E-state index in [9.17, 15) is 13.2 Å². The van der Waals surface area contributed by atoms with E-state index in [1.54, 1.807) is 11.8 Å². The number of hydrogen-bond acceptors (Lipinski definition) is 5. The van der Waals surface area contributed by atoms with Gasteiger partial charge in [0.1, 0.15) is 19.0 Å². The van der Waals surface area contributed by atoms with Crippen molar-refractivity contribution in [2.24, 2.45) is 0 Å². The van der Waals surface area contributed by atoms with Gasteiger partial charge in [0.25, 0.3) is 0 Å². The smallest absolute Gasteiger partial charge is 0.370 e. The van der Waals surface area contributed by atoms with Gasteiger partial charge in [-0.05, 0) is 6.92 Å². The van der Waals surface area contributed by atoms with Crippen molar-refractivity contribution in [3.8, 4) is 0 Å². The largest absolute Gasteiger partial charge is 0.411 e. The Bertz CT molecular complexity index is 454. The average molecular weight is 293 g/mol. The number of nitrogens with zero attached hydrogens (tertiary/aromatic N) is 2. The number of fused-ring (bicyclic) bond motifs is 1. The minimum Gasteiger partial charge on any atom is -0.370 e. The predicted molar refractivity (Wildman–Crippen MR) is 66.9 cm³/mol. The zero-order chi connectivity index (χ0) is 13.9. The summed E-state index contributed by atoms with van der Waals surface area (Å²) >= 11 is 1.72. The number of halogens is 3. The fraction of sp³-hybridized carbons (Fsp3) is 0.636. The van der Waals surface area contributed by atoms with Crippen molar-refractivity contribution in [1.82, 2.24) is 9.97 Å². The van der Waals surface area contributed by atoms with E-state index in [1.807, 2.05) is 6.92 Å². The number of aromatic nitrogens is 2. The van der Waals surface area contributed by atoms with Crippen LogP contribution in [-0.4, -0.2) is 29.3 Å². The quantitative estimate of drug-likeness (QED) is 0.904. The molecular formula is C11H14F3N3OS. The third-order valence-corrected chi connectivity index (χ3v) is 3.44. The van der Waals surface area contributed by atoms with E-state index in [4.69, 9.17) is 0 Å². The van der Waals surface area contributed by atoms with Gasteiger partial charge in [-0.1, -0.05) is 0 Å². The van der Waals surface area contributed by atoms with Crippen molar-refractivity contribution in [2.45, 2.75) is 31.2 Å². The first kappa shape index (κ1) is 14.4. The van der Waals surface area contributed by atoms with Crippen molar-refractivity contribution in [2.75, 3.05) is 18.5 Å². The first-order chi connectivity index (χ1) is 8.99. The highest BCUT2D eigenvalue weighted by Crippen LogP contribution is 2.32. The Morgan fingerprint density at radius 2 is 2.11 bits per heavy atom. The normalized spacial score (nSPS) is 14.5. The Balaban J connectivity index is 2.07. The number of rotatable bonds is 5. The van der Waals surface area contributed by atoms with Gasteiger partial charge in [0.2, 0.25) is 0 Å². The summed E-state index contributed by atoms with van der Waals surface area (Å²) < 4.78 is 40.6. The number of hydrogen-bond donors (Lipinski definition) is 1. The molecule has 0 bridgehead atoms. The summed E-state index contributed by atoms with van der Waals surface area (Å²) in [6.45, 7) is 1.14. The molecule has 1 aromatic heterocycles. The molecule has 0 atom stereocenters. The Kier molecular flexibility index (Phi) is 4.51. The van der Waals surface area contributed by atoms with Gasteiger partial charge < -0.3 is 10.1 Å². The molecule has 1 aliphatic rings. The van der Waals surface area contributed by atoms with Crippen LogP contribution in [0.5, 0.6) is 0 Å². The zero-order valence-electron chi connectivity index (χ0n) is 10.4. The fourth-order valence-electron chi connectivity index (χ4n) is 1.74. The van der Waals surface area contributed by atoms with Crippen LogP contribution in [0.4, 0.5) is 19.0 Å². The molecule has 0 saturated carbocycles. The van der Waals surface area contributed by atoms with Gasteiger partial charge in [0, 0.05) is 23.6 Å². The summed E-state index contributed by atoms with van der Waals surface area (Å²) in [4.78, 5) is 8.48. The molecule has 4 nitrogen and oxygen atoms in total. The maximum absolute atomic E-state index is 12.0. The maximum Gasteiger partial charge on any atom is 0.411 e. The van der Waals surface area contributed by atoms with Gasteiger partial charge in [-0.3, -0.25) is 0 Å². The summed E-state index contributed by atoms with van der Waals surface area (Å²) in [7, 11) is 0. The van der Waals surface area contributed by atoms with Gasteiger partial charge in [-0.15, -0.1) is 0 Å². The predicted octanol–water partition coefficient (Wildman–Crippen LogP) is 2.73. The van der Waals surface area contributed by atoms with E-state index in [-0.39, 0.29) is 6.61 Å². The lowest BCUT2D eigenvalue weighted by atomic mass is 10.2. The lowest BCUT2D eigenvalue weighted by molar-refractivity contribution is -0.177. The van der Waals surface area contributed by atoms with E-state index in [2.05, 4.69) is 20.0 Å². The van der Waals surface area contributed by atoms with Gasteiger partial charge >= 0.3 is 6.18 Å². The van der Waals surface area contributed by atoms with Crippen LogP contribution in [0.3, 0.4) is 0 Å². The van der Waals surface area contributed by atoms with E-state index in [0.29, 0.717) is 18.2 Å². The second-order valence-corrected chi connectivity index (χ2v) is 5.03. The highest BCUT2D eigenvalue weighted by Gasteiger charge is 2.28. The third kappa shape index (κ3) is 3.97. The van der Waals surface area contributed by atoms with Gasteiger partial charge in [0.05, 0.1) is 5.69 Å². The number of nitrogens with one attached hydrogen (secondary N) is 1. The molecule has 0 amide bonds. The van der Waals surface area contributed by atoms with E-state index in [0.717, 1.165) is 22.8 Å². The van der Waals surface area contributed by atoms with Crippen molar-refractivity contribution in [1.29, 1.82) is 0 Å². The molecule has 0 unspecified atom stereocenters. The molecule has 0 radical (unpaired) electrons. The molecular weight excluding hydrogens is 279 g/mol. The molecule has 0 fully saturated rings. The van der Waals surface area contributed by atoms with Crippen molar-refractivity contribution in [3.05, 3.63) is 17.1 Å². The molecule has 8 heteroatoms. The third-order valence-electron chi connectivity index (χ3n) is 2.47. The molecule has 19 heavy (non-hydrogen) atoms. The van der Waals surface area contributed by atoms with E-state index in [1.165, 1.54) is 0 Å². The minimum absolute atomic E-state index is 0.226. The SMILES string of the molecule is CCNc1nc(COCC(F)(F)F)nc2c1CSC2. The van der Waals surface area contributed by atoms with Crippen LogP contribution in [0.2, 0.25) is 0 Å². The van der Waals surface area contributed by atoms with Gasteiger partial charge in [0.15, 0.2) is 5.82 Å². The Morgan fingerprint density at radius 1 is 1.32 bits per heavy atom. The Morgan fingerprint density at radius 3 is 2.79 bits per heavy atom. The summed E-state index contributed by atoms with van der Waals surface area (Å²) in [5.74, 6) is 2.61. The van der Waals surface area contributed by atoms with Crippen molar-refractivity contribution in [3.63, 3.8) is 0 Å². The number of thioether (sulfide) groups is 1. The lowest BCUT2D eigenvalue weighted by Crippen LogP contribution is -2.18. The zero-order valence-corrected chi connectivity index (χ0v) is 11.2. The van der Waals surface area contributed by atoms with Crippen LogP contribution in [0.1, 0.15) is 24.0 Å². The van der Waals surface area contributed by atoms with Crippen LogP contribution >= 0.6 is 11.8 Å². The van der Waals surface area contributed by atoms with Crippen molar-refractivity contribution >= 4 is 17.6 Å². The summed E-state index contributed by atoms with van der Waals surface area (Å²) in [5.41, 5.74) is 1.94. The first-order valence-corrected chi connectivity index (χ1v) is 7.00. The highest BCUT2D eigenvalue weighted by molar-refractivity contribution is 7.98. The van der Waals surface area contributed by atoms with Gasteiger partial charge in [-0.25, -0.2) is 9.97 Å². The fourth-order valence-corrected chi connectivity index (χ4v) is 2.78. The highest BCUT2D eigenvalue weighted by atomic mass is 32.2. The lowest BCUT2D eigenvalue weighted by Gasteiger charge is -2.11. The second-order valence-electron chi connectivity index (χ2n) is 4.04. The molecule has 0 aliphatic carbocycles. The Labute approximate surface area is 113 Å². The maximum atomic E-state index is 12.0. The Hall–Kier alpha value is -1.02. The van der Waals surface area contributed by atoms with Crippen LogP contribution in [0.25, 0.3) is 0 Å². The van der Waals surface area contributed by atoms with E-state index >= 15 is 0 Å². The van der Waals surface area contributed by atoms with Crippen LogP contribution in [0, 0.1) is 0 Å². The summed E-state index contributed by atoms with van der Waals surface area (Å²) in [5, 5.41) is 3.11. The number of ether oxygens (including phenoxy) is 1. The molecule has 2 heterocycles. The standard InChI is InChI=1S/C11H14F3N3OS/c1-2-15-10-7-4-19-5-8(7)16-9(17-10)3-18-6-11(12,13)14/h2-6H2,1H3,(H,15,16,17). The molecule has 0 spiro atoms. The molecule has 1 aromatic rings. The molecule has 2 rings (SSSR count). The topological polar surface area (TPSA) is 47.0 Å². The average Bonchev–Trinajstić information content (AvgIpc) is 2.76. The number of alkyl halides is 3. The second kappa shape index (κ2) is 5.96. The van der Waals surface area contributed by atoms with E-state index < -0.39 is 12.8 Å². The molecule has 1 N–H and O–H groups in total. The van der Waals surface area contributed by atoms with Crippen LogP contribution in [-0.2, 0) is 22.8 Å². The molecule has 106 valence electrons. The summed E-state index contributed by atoms with van der Waals surface area (Å²) in [6, 6.07) is 0. The van der Waals surface area contributed by atoms with Crippen molar-refractivity contribution < 1.29 is 17.9 Å². The molecule has 0 saturated heterocycles. The molecule has 1 aliphatic heterocycles. The van der Waals surface area contributed by atoms with Gasteiger partial charge in [-0.2, -0.15) is 24.9 Å².